The van der Waals surface area contributed by atoms with Gasteiger partial charge in [0.1, 0.15) is 0 Å². The fraction of sp³-hybridized carbons (Fsp3) is 0.792. The van der Waals surface area contributed by atoms with Crippen molar-refractivity contribution in [2.75, 3.05) is 19.7 Å². The lowest BCUT2D eigenvalue weighted by atomic mass is 10.1. The van der Waals surface area contributed by atoms with E-state index in [9.17, 15) is 4.79 Å². The van der Waals surface area contributed by atoms with Crippen molar-refractivity contribution in [2.45, 2.75) is 104 Å². The molecule has 27 heavy (non-hydrogen) atoms. The molecule has 0 aromatic heterocycles. The molecule has 0 rings (SSSR count). The standard InChI is InChI=1S/C24H45NO2/c1-5-6-7-8-9-10-11-12-13-14-19-25-21-24(26)27-20-18-23(4)17-15-16-22(2)3/h16,25H,4-15,17-21H2,1-3H3. The molecule has 3 heteroatoms. The van der Waals surface area contributed by atoms with Gasteiger partial charge in [-0.1, -0.05) is 88.5 Å². The van der Waals surface area contributed by atoms with E-state index in [0.29, 0.717) is 13.2 Å². The molecule has 0 amide bonds. The van der Waals surface area contributed by atoms with Crippen LogP contribution in [-0.4, -0.2) is 25.7 Å². The summed E-state index contributed by atoms with van der Waals surface area (Å²) in [5.41, 5.74) is 2.49. The molecule has 0 aromatic carbocycles. The van der Waals surface area contributed by atoms with Crippen molar-refractivity contribution in [3.63, 3.8) is 0 Å². The number of ether oxygens (including phenoxy) is 1. The Kier molecular flexibility index (Phi) is 18.9. The van der Waals surface area contributed by atoms with E-state index in [1.165, 1.54) is 63.4 Å². The first-order chi connectivity index (χ1) is 13.1. The van der Waals surface area contributed by atoms with Gasteiger partial charge in [0.05, 0.1) is 13.2 Å². The van der Waals surface area contributed by atoms with Gasteiger partial charge in [-0.3, -0.25) is 4.79 Å². The van der Waals surface area contributed by atoms with Crippen molar-refractivity contribution >= 4 is 5.97 Å². The summed E-state index contributed by atoms with van der Waals surface area (Å²) in [5.74, 6) is -0.154. The van der Waals surface area contributed by atoms with Crippen LogP contribution in [0.3, 0.4) is 0 Å². The Labute approximate surface area is 169 Å². The number of allylic oxidation sites excluding steroid dienone is 2. The van der Waals surface area contributed by atoms with Crippen LogP contribution in [0.2, 0.25) is 0 Å². The Morgan fingerprint density at radius 3 is 2.11 bits per heavy atom. The zero-order chi connectivity index (χ0) is 20.2. The smallest absolute Gasteiger partial charge is 0.319 e. The van der Waals surface area contributed by atoms with Gasteiger partial charge < -0.3 is 10.1 Å². The van der Waals surface area contributed by atoms with Crippen molar-refractivity contribution in [3.8, 4) is 0 Å². The van der Waals surface area contributed by atoms with Crippen LogP contribution >= 0.6 is 0 Å². The van der Waals surface area contributed by atoms with Crippen LogP contribution in [0.1, 0.15) is 104 Å². The Morgan fingerprint density at radius 2 is 1.52 bits per heavy atom. The molecule has 0 aliphatic carbocycles. The van der Waals surface area contributed by atoms with Crippen LogP contribution in [0.15, 0.2) is 23.8 Å². The molecule has 1 N–H and O–H groups in total. The summed E-state index contributed by atoms with van der Waals surface area (Å²) < 4.78 is 5.26. The van der Waals surface area contributed by atoms with Crippen LogP contribution in [0.25, 0.3) is 0 Å². The van der Waals surface area contributed by atoms with Crippen molar-refractivity contribution in [1.29, 1.82) is 0 Å². The van der Waals surface area contributed by atoms with E-state index in [1.807, 2.05) is 0 Å². The molecule has 0 bridgehead atoms. The summed E-state index contributed by atoms with van der Waals surface area (Å²) in [6, 6.07) is 0. The SMILES string of the molecule is C=C(CCC=C(C)C)CCOC(=O)CNCCCCCCCCCCCC. The Morgan fingerprint density at radius 1 is 0.926 bits per heavy atom. The number of carbonyl (C=O) groups is 1. The van der Waals surface area contributed by atoms with E-state index >= 15 is 0 Å². The number of carbonyl (C=O) groups excluding carboxylic acids is 1. The highest BCUT2D eigenvalue weighted by molar-refractivity contribution is 5.71. The number of esters is 1. The molecule has 0 saturated heterocycles. The molecule has 0 fully saturated rings. The molecular formula is C24H45NO2. The maximum absolute atomic E-state index is 11.7. The van der Waals surface area contributed by atoms with Gasteiger partial charge in [-0.15, -0.1) is 0 Å². The summed E-state index contributed by atoms with van der Waals surface area (Å²) in [6.45, 7) is 12.2. The van der Waals surface area contributed by atoms with Crippen molar-refractivity contribution < 1.29 is 9.53 Å². The highest BCUT2D eigenvalue weighted by Gasteiger charge is 2.02. The predicted octanol–water partition coefficient (Wildman–Crippen LogP) is 6.73. The van der Waals surface area contributed by atoms with Gasteiger partial charge in [0.25, 0.3) is 0 Å². The van der Waals surface area contributed by atoms with E-state index in [0.717, 1.165) is 37.8 Å². The first-order valence-corrected chi connectivity index (χ1v) is 11.2. The number of nitrogens with one attached hydrogen (secondary N) is 1. The number of rotatable bonds is 19. The molecule has 0 atom stereocenters. The van der Waals surface area contributed by atoms with Crippen LogP contribution in [-0.2, 0) is 9.53 Å². The lowest BCUT2D eigenvalue weighted by Gasteiger charge is -2.08. The van der Waals surface area contributed by atoms with Crippen LogP contribution in [0.5, 0.6) is 0 Å². The number of hydrogen-bond acceptors (Lipinski definition) is 3. The molecule has 158 valence electrons. The van der Waals surface area contributed by atoms with E-state index < -0.39 is 0 Å². The monoisotopic (exact) mass is 379 g/mol. The number of unbranched alkanes of at least 4 members (excludes halogenated alkanes) is 9. The molecule has 0 spiro atoms. The third-order valence-electron chi connectivity index (χ3n) is 4.75. The first kappa shape index (κ1) is 25.9. The largest absolute Gasteiger partial charge is 0.464 e. The predicted molar refractivity (Wildman–Crippen MR) is 118 cm³/mol. The average molecular weight is 380 g/mol. The van der Waals surface area contributed by atoms with Crippen molar-refractivity contribution in [3.05, 3.63) is 23.8 Å². The van der Waals surface area contributed by atoms with Crippen LogP contribution in [0, 0.1) is 0 Å². The van der Waals surface area contributed by atoms with Gasteiger partial charge in [0.15, 0.2) is 0 Å². The fourth-order valence-corrected chi connectivity index (χ4v) is 2.98. The Balaban J connectivity index is 3.32. The molecule has 3 nitrogen and oxygen atoms in total. The minimum Gasteiger partial charge on any atom is -0.464 e. The summed E-state index contributed by atoms with van der Waals surface area (Å²) in [4.78, 5) is 11.7. The molecule has 0 radical (unpaired) electrons. The molecule has 0 aliphatic heterocycles. The maximum atomic E-state index is 11.7. The lowest BCUT2D eigenvalue weighted by molar-refractivity contribution is -0.142. The van der Waals surface area contributed by atoms with E-state index in [1.54, 1.807) is 0 Å². The van der Waals surface area contributed by atoms with Crippen LogP contribution in [0.4, 0.5) is 0 Å². The van der Waals surface area contributed by atoms with E-state index in [2.05, 4.69) is 38.7 Å². The van der Waals surface area contributed by atoms with E-state index in [-0.39, 0.29) is 5.97 Å². The van der Waals surface area contributed by atoms with Crippen LogP contribution < -0.4 is 5.32 Å². The topological polar surface area (TPSA) is 38.3 Å². The molecule has 0 aromatic rings. The van der Waals surface area contributed by atoms with Crippen molar-refractivity contribution in [2.24, 2.45) is 0 Å². The van der Waals surface area contributed by atoms with Gasteiger partial charge in [0, 0.05) is 6.42 Å². The minimum atomic E-state index is -0.154. The summed E-state index contributed by atoms with van der Waals surface area (Å²) in [7, 11) is 0. The zero-order valence-electron chi connectivity index (χ0n) is 18.4. The van der Waals surface area contributed by atoms with Crippen molar-refractivity contribution in [1.82, 2.24) is 5.32 Å². The molecule has 0 unspecified atom stereocenters. The van der Waals surface area contributed by atoms with Gasteiger partial charge in [0.2, 0.25) is 0 Å². The summed E-state index contributed by atoms with van der Waals surface area (Å²) in [5, 5.41) is 3.19. The van der Waals surface area contributed by atoms with E-state index in [4.69, 9.17) is 4.74 Å². The second kappa shape index (κ2) is 19.7. The molecule has 0 saturated carbocycles. The molecular weight excluding hydrogens is 334 g/mol. The second-order valence-corrected chi connectivity index (χ2v) is 7.90. The fourth-order valence-electron chi connectivity index (χ4n) is 2.98. The Bertz CT molecular complexity index is 397. The van der Waals surface area contributed by atoms with Gasteiger partial charge in [-0.2, -0.15) is 0 Å². The number of hydrogen-bond donors (Lipinski definition) is 1. The zero-order valence-corrected chi connectivity index (χ0v) is 18.4. The average Bonchev–Trinajstić information content (AvgIpc) is 2.62. The third-order valence-corrected chi connectivity index (χ3v) is 4.75. The lowest BCUT2D eigenvalue weighted by Crippen LogP contribution is -2.25. The second-order valence-electron chi connectivity index (χ2n) is 7.90. The first-order valence-electron chi connectivity index (χ1n) is 11.2. The maximum Gasteiger partial charge on any atom is 0.319 e. The normalized spacial score (nSPS) is 10.6. The highest BCUT2D eigenvalue weighted by atomic mass is 16.5. The molecule has 0 heterocycles. The quantitative estimate of drug-likeness (QED) is 0.153. The van der Waals surface area contributed by atoms with Gasteiger partial charge in [-0.25, -0.2) is 0 Å². The van der Waals surface area contributed by atoms with Gasteiger partial charge in [-0.05, 0) is 39.7 Å². The highest BCUT2D eigenvalue weighted by Crippen LogP contribution is 2.10. The summed E-state index contributed by atoms with van der Waals surface area (Å²) in [6.07, 6.45) is 18.3. The molecule has 0 aliphatic rings. The minimum absolute atomic E-state index is 0.154. The van der Waals surface area contributed by atoms with Gasteiger partial charge >= 0.3 is 5.97 Å². The summed E-state index contributed by atoms with van der Waals surface area (Å²) >= 11 is 0. The third kappa shape index (κ3) is 21.1. The Hall–Kier alpha value is -1.09.